The predicted molar refractivity (Wildman–Crippen MR) is 64.9 cm³/mol. The molecule has 0 aliphatic carbocycles. The molecule has 0 saturated carbocycles. The summed E-state index contributed by atoms with van der Waals surface area (Å²) in [6.07, 6.45) is 0. The van der Waals surface area contributed by atoms with Gasteiger partial charge >= 0.3 is 0 Å². The molecule has 1 aromatic rings. The van der Waals surface area contributed by atoms with Crippen molar-refractivity contribution >= 4 is 46.3 Å². The van der Waals surface area contributed by atoms with Crippen LogP contribution in [0.25, 0.3) is 0 Å². The maximum Gasteiger partial charge on any atom is 0.160 e. The second-order valence-corrected chi connectivity index (χ2v) is 3.95. The molecule has 0 aliphatic rings. The zero-order chi connectivity index (χ0) is 11.6. The van der Waals surface area contributed by atoms with E-state index in [1.54, 1.807) is 6.92 Å². The number of rotatable bonds is 2. The van der Waals surface area contributed by atoms with Crippen molar-refractivity contribution in [1.82, 2.24) is 0 Å². The van der Waals surface area contributed by atoms with E-state index in [1.807, 2.05) is 0 Å². The van der Waals surface area contributed by atoms with Crippen LogP contribution in [0, 0.1) is 6.92 Å². The monoisotopic (exact) mass is 266 g/mol. The first-order valence-corrected chi connectivity index (χ1v) is 5.33. The molecule has 0 spiro atoms. The highest BCUT2D eigenvalue weighted by molar-refractivity contribution is 6.37. The van der Waals surface area contributed by atoms with E-state index in [0.29, 0.717) is 10.6 Å². The van der Waals surface area contributed by atoms with Gasteiger partial charge in [-0.1, -0.05) is 23.2 Å². The molecular weight excluding hydrogens is 258 g/mol. The summed E-state index contributed by atoms with van der Waals surface area (Å²) in [7, 11) is 0. The molecule has 0 unspecified atom stereocenters. The van der Waals surface area contributed by atoms with Crippen molar-refractivity contribution in [3.63, 3.8) is 0 Å². The second-order valence-electron chi connectivity index (χ2n) is 2.90. The number of aliphatic imine (C=N–C) groups is 1. The largest absolute Gasteiger partial charge is 0.504 e. The van der Waals surface area contributed by atoms with E-state index in [2.05, 4.69) is 4.99 Å². The summed E-state index contributed by atoms with van der Waals surface area (Å²) in [6.45, 7) is 1.70. The first-order chi connectivity index (χ1) is 6.97. The van der Waals surface area contributed by atoms with Gasteiger partial charge in [-0.05, 0) is 18.6 Å². The Kier molecular flexibility index (Phi) is 4.08. The van der Waals surface area contributed by atoms with Crippen molar-refractivity contribution in [2.75, 3.05) is 5.88 Å². The molecule has 1 rings (SSSR count). The van der Waals surface area contributed by atoms with Crippen LogP contribution in [0.15, 0.2) is 11.1 Å². The Morgan fingerprint density at radius 1 is 1.53 bits per heavy atom. The van der Waals surface area contributed by atoms with Crippen LogP contribution in [0.1, 0.15) is 5.56 Å². The number of nitrogens with two attached hydrogens (primary N) is 1. The van der Waals surface area contributed by atoms with Gasteiger partial charge in [0.1, 0.15) is 11.5 Å². The second kappa shape index (κ2) is 4.92. The molecule has 0 amide bonds. The minimum absolute atomic E-state index is 0.0720. The summed E-state index contributed by atoms with van der Waals surface area (Å²) in [6, 6.07) is 1.48. The van der Waals surface area contributed by atoms with E-state index >= 15 is 0 Å². The lowest BCUT2D eigenvalue weighted by Crippen LogP contribution is -2.12. The first-order valence-electron chi connectivity index (χ1n) is 4.04. The number of phenolic OH excluding ortho intramolecular Hbond substituents is 1. The molecule has 0 radical (unpaired) electrons. The summed E-state index contributed by atoms with van der Waals surface area (Å²) >= 11 is 17.2. The SMILES string of the molecule is Cc1c(Cl)cc(N=C(N)CCl)c(O)c1Cl. The average Bonchev–Trinajstić information content (AvgIpc) is 2.22. The maximum absolute atomic E-state index is 9.65. The predicted octanol–water partition coefficient (Wildman–Crippen LogP) is 3.23. The lowest BCUT2D eigenvalue weighted by atomic mass is 10.2. The number of benzene rings is 1. The first kappa shape index (κ1) is 12.4. The standard InChI is InChI=1S/C9H9Cl3N2O/c1-4-5(11)2-6(9(15)8(4)12)14-7(13)3-10/h2,15H,3H2,1H3,(H2,13,14). The van der Waals surface area contributed by atoms with Crippen LogP contribution < -0.4 is 5.73 Å². The lowest BCUT2D eigenvalue weighted by molar-refractivity contribution is 0.476. The van der Waals surface area contributed by atoms with Crippen molar-refractivity contribution in [2.24, 2.45) is 10.7 Å². The van der Waals surface area contributed by atoms with Gasteiger partial charge < -0.3 is 10.8 Å². The van der Waals surface area contributed by atoms with Crippen LogP contribution in [0.3, 0.4) is 0 Å². The number of hydrogen-bond donors (Lipinski definition) is 2. The average molecular weight is 268 g/mol. The number of halogens is 3. The number of amidine groups is 1. The van der Waals surface area contributed by atoms with Crippen LogP contribution in [0.4, 0.5) is 5.69 Å². The minimum atomic E-state index is -0.147. The van der Waals surface area contributed by atoms with Crippen molar-refractivity contribution in [2.45, 2.75) is 6.92 Å². The van der Waals surface area contributed by atoms with E-state index in [9.17, 15) is 5.11 Å². The Labute approximate surface area is 102 Å². The summed E-state index contributed by atoms with van der Waals surface area (Å²) in [5, 5.41) is 10.2. The molecule has 3 N–H and O–H groups in total. The quantitative estimate of drug-likeness (QED) is 0.491. The Morgan fingerprint density at radius 3 is 2.67 bits per heavy atom. The van der Waals surface area contributed by atoms with Crippen LogP contribution in [0.2, 0.25) is 10.0 Å². The van der Waals surface area contributed by atoms with Gasteiger partial charge in [-0.15, -0.1) is 11.6 Å². The van der Waals surface area contributed by atoms with E-state index in [-0.39, 0.29) is 28.2 Å². The number of aromatic hydroxyl groups is 1. The molecule has 15 heavy (non-hydrogen) atoms. The molecular formula is C9H9Cl3N2O. The molecule has 0 aliphatic heterocycles. The third-order valence-electron chi connectivity index (χ3n) is 1.80. The minimum Gasteiger partial charge on any atom is -0.504 e. The van der Waals surface area contributed by atoms with Gasteiger partial charge in [-0.2, -0.15) is 0 Å². The van der Waals surface area contributed by atoms with Crippen LogP contribution in [-0.4, -0.2) is 16.8 Å². The third-order valence-corrected chi connectivity index (χ3v) is 2.93. The summed E-state index contributed by atoms with van der Waals surface area (Å²) in [5.74, 6) is 0.109. The summed E-state index contributed by atoms with van der Waals surface area (Å²) in [4.78, 5) is 3.88. The Morgan fingerprint density at radius 2 is 2.13 bits per heavy atom. The molecule has 0 saturated heterocycles. The topological polar surface area (TPSA) is 58.6 Å². The maximum atomic E-state index is 9.65. The Hall–Kier alpha value is -0.640. The summed E-state index contributed by atoms with van der Waals surface area (Å²) < 4.78 is 0. The van der Waals surface area contributed by atoms with Gasteiger partial charge in [0.05, 0.1) is 10.9 Å². The van der Waals surface area contributed by atoms with Gasteiger partial charge in [0, 0.05) is 5.02 Å². The third kappa shape index (κ3) is 2.68. The normalized spacial score (nSPS) is 11.9. The van der Waals surface area contributed by atoms with Crippen LogP contribution >= 0.6 is 34.8 Å². The molecule has 0 heterocycles. The van der Waals surface area contributed by atoms with E-state index < -0.39 is 0 Å². The molecule has 82 valence electrons. The number of nitrogens with zero attached hydrogens (tertiary/aromatic N) is 1. The molecule has 1 aromatic carbocycles. The smallest absolute Gasteiger partial charge is 0.160 e. The molecule has 0 fully saturated rings. The molecule has 0 aromatic heterocycles. The highest BCUT2D eigenvalue weighted by atomic mass is 35.5. The van der Waals surface area contributed by atoms with Crippen molar-refractivity contribution < 1.29 is 5.11 Å². The number of alkyl halides is 1. The van der Waals surface area contributed by atoms with Gasteiger partial charge in [0.2, 0.25) is 0 Å². The van der Waals surface area contributed by atoms with Gasteiger partial charge in [0.25, 0.3) is 0 Å². The van der Waals surface area contributed by atoms with Crippen molar-refractivity contribution in [1.29, 1.82) is 0 Å². The zero-order valence-electron chi connectivity index (χ0n) is 7.89. The van der Waals surface area contributed by atoms with E-state index in [4.69, 9.17) is 40.5 Å². The molecule has 0 bridgehead atoms. The highest BCUT2D eigenvalue weighted by Crippen LogP contribution is 2.40. The fourth-order valence-corrected chi connectivity index (χ4v) is 1.47. The van der Waals surface area contributed by atoms with E-state index in [1.165, 1.54) is 6.07 Å². The molecule has 6 heteroatoms. The van der Waals surface area contributed by atoms with Gasteiger partial charge in [-0.25, -0.2) is 4.99 Å². The summed E-state index contributed by atoms with van der Waals surface area (Å²) in [5.41, 5.74) is 6.25. The van der Waals surface area contributed by atoms with Gasteiger partial charge in [-0.3, -0.25) is 0 Å². The fourth-order valence-electron chi connectivity index (χ4n) is 0.961. The fraction of sp³-hybridized carbons (Fsp3) is 0.222. The van der Waals surface area contributed by atoms with Crippen LogP contribution in [-0.2, 0) is 0 Å². The lowest BCUT2D eigenvalue weighted by Gasteiger charge is -2.07. The van der Waals surface area contributed by atoms with Gasteiger partial charge in [0.15, 0.2) is 5.75 Å². The Bertz CT molecular complexity index is 418. The van der Waals surface area contributed by atoms with Crippen molar-refractivity contribution in [3.05, 3.63) is 21.7 Å². The number of hydrogen-bond acceptors (Lipinski definition) is 2. The number of phenols is 1. The highest BCUT2D eigenvalue weighted by Gasteiger charge is 2.12. The molecule has 0 atom stereocenters. The van der Waals surface area contributed by atoms with E-state index in [0.717, 1.165) is 0 Å². The Balaban J connectivity index is 3.33. The zero-order valence-corrected chi connectivity index (χ0v) is 10.2. The molecule has 3 nitrogen and oxygen atoms in total. The van der Waals surface area contributed by atoms with Crippen molar-refractivity contribution in [3.8, 4) is 5.75 Å². The van der Waals surface area contributed by atoms with Crippen LogP contribution in [0.5, 0.6) is 5.75 Å².